The van der Waals surface area contributed by atoms with Crippen molar-refractivity contribution in [2.75, 3.05) is 0 Å². The van der Waals surface area contributed by atoms with Crippen LogP contribution in [0.4, 0.5) is 0 Å². The second-order valence-electron chi connectivity index (χ2n) is 12.0. The van der Waals surface area contributed by atoms with Crippen LogP contribution in [-0.2, 0) is 0 Å². The van der Waals surface area contributed by atoms with Gasteiger partial charge in [-0.05, 0) is 0 Å². The summed E-state index contributed by atoms with van der Waals surface area (Å²) < 4.78 is 8.46. The Bertz CT molecular complexity index is 1290. The molecular weight excluding hydrogens is 743 g/mol. The van der Waals surface area contributed by atoms with Crippen LogP contribution < -0.4 is 16.9 Å². The fraction of sp³-hybridized carbons (Fsp3) is 0.828. The zero-order valence-corrected chi connectivity index (χ0v) is 36.4. The molecule has 0 radical (unpaired) electrons. The SMILES string of the molecule is C[CH2][Ge]([CH2]C)([CH2]C)[n]1c(=O)c2c([n]([Ge]([CH2]C)([CH2]C)[CH2]C)c1=O)[n]([Ge]([CH2]C)([CH2]C)[CH2]C)c(=O)[n]2[Ge]([CH2]C)([CH2]C)[CH2]C. The van der Waals surface area contributed by atoms with Gasteiger partial charge in [-0.25, -0.2) is 0 Å². The van der Waals surface area contributed by atoms with E-state index in [4.69, 9.17) is 0 Å². The number of fused-ring (bicyclic) bond motifs is 1. The average molecular weight is 803 g/mol. The van der Waals surface area contributed by atoms with Crippen molar-refractivity contribution in [3.8, 4) is 0 Å². The Morgan fingerprint density at radius 3 is 0.875 bits per heavy atom. The molecule has 0 bridgehead atoms. The van der Waals surface area contributed by atoms with E-state index < -0.39 is 54.0 Å². The van der Waals surface area contributed by atoms with Gasteiger partial charge < -0.3 is 0 Å². The standard InChI is InChI=1S/C29H60Ge4N4O3/c1-13-30(14-2,15-3)34-25-26(35(28(34)39)31(16-4,17-5)18-6)36(32(19-7,20-8)21-9)29(40)37(27(25)38)33(22-10,23-11)24-12/h13-24H2,1-12H3. The van der Waals surface area contributed by atoms with Crippen molar-refractivity contribution in [1.29, 1.82) is 0 Å². The molecule has 2 aromatic rings. The molecule has 2 heterocycles. The van der Waals surface area contributed by atoms with Gasteiger partial charge in [0.05, 0.1) is 0 Å². The Kier molecular flexibility index (Phi) is 13.0. The summed E-state index contributed by atoms with van der Waals surface area (Å²) in [5, 5.41) is 11.5. The summed E-state index contributed by atoms with van der Waals surface area (Å²) in [4.78, 5) is 45.3. The molecular formula is C29H60Ge4N4O3. The van der Waals surface area contributed by atoms with Gasteiger partial charge in [-0.15, -0.1) is 0 Å². The van der Waals surface area contributed by atoms with Crippen molar-refractivity contribution in [1.82, 2.24) is 14.1 Å². The first-order chi connectivity index (χ1) is 18.9. The third-order valence-corrected chi connectivity index (χ3v) is 56.3. The van der Waals surface area contributed by atoms with Gasteiger partial charge in [0.1, 0.15) is 0 Å². The minimum atomic E-state index is -3.09. The first-order valence-corrected chi connectivity index (χ1v) is 38.1. The van der Waals surface area contributed by atoms with Gasteiger partial charge in [0.2, 0.25) is 0 Å². The van der Waals surface area contributed by atoms with Crippen LogP contribution in [0.3, 0.4) is 0 Å². The first kappa shape index (κ1) is 36.3. The number of imidazole rings is 1. The van der Waals surface area contributed by atoms with Crippen molar-refractivity contribution in [2.24, 2.45) is 0 Å². The van der Waals surface area contributed by atoms with Crippen molar-refractivity contribution in [2.45, 2.75) is 146 Å². The van der Waals surface area contributed by atoms with Crippen molar-refractivity contribution < 1.29 is 0 Å². The summed E-state index contributed by atoms with van der Waals surface area (Å²) in [6, 6.07) is 0. The number of nitrogens with zero attached hydrogens (tertiary/aromatic N) is 4. The second kappa shape index (κ2) is 14.3. The maximum atomic E-state index is 15.1. The molecule has 0 aliphatic rings. The quantitative estimate of drug-likeness (QED) is 0.165. The molecule has 2 aromatic heterocycles. The van der Waals surface area contributed by atoms with Crippen LogP contribution in [0.5, 0.6) is 0 Å². The number of rotatable bonds is 16. The van der Waals surface area contributed by atoms with Crippen LogP contribution in [0.2, 0.25) is 63.0 Å². The van der Waals surface area contributed by atoms with Gasteiger partial charge in [0, 0.05) is 0 Å². The predicted molar refractivity (Wildman–Crippen MR) is 185 cm³/mol. The summed E-state index contributed by atoms with van der Waals surface area (Å²) in [6.45, 7) is 26.8. The van der Waals surface area contributed by atoms with E-state index in [-0.39, 0.29) is 16.9 Å². The zero-order valence-electron chi connectivity index (χ0n) is 28.0. The van der Waals surface area contributed by atoms with E-state index in [1.165, 1.54) is 0 Å². The molecule has 2 rings (SSSR count). The van der Waals surface area contributed by atoms with Gasteiger partial charge in [0.25, 0.3) is 0 Å². The molecule has 0 aliphatic carbocycles. The predicted octanol–water partition coefficient (Wildman–Crippen LogP) is 7.54. The van der Waals surface area contributed by atoms with E-state index in [2.05, 4.69) is 93.7 Å². The molecule has 0 spiro atoms. The van der Waals surface area contributed by atoms with Crippen LogP contribution in [-0.4, -0.2) is 68.1 Å². The fourth-order valence-electron chi connectivity index (χ4n) is 7.88. The van der Waals surface area contributed by atoms with Gasteiger partial charge >= 0.3 is 257 Å². The molecule has 0 saturated heterocycles. The Morgan fingerprint density at radius 1 is 0.375 bits per heavy atom. The third-order valence-electron chi connectivity index (χ3n) is 11.8. The van der Waals surface area contributed by atoms with Gasteiger partial charge in [-0.3, -0.25) is 0 Å². The molecule has 0 aromatic carbocycles. The Morgan fingerprint density at radius 2 is 0.600 bits per heavy atom. The van der Waals surface area contributed by atoms with Crippen LogP contribution >= 0.6 is 0 Å². The molecule has 0 N–H and O–H groups in total. The average Bonchev–Trinajstić information content (AvgIpc) is 3.30. The summed E-state index contributed by atoms with van der Waals surface area (Å²) in [5.41, 5.74) is 1.37. The summed E-state index contributed by atoms with van der Waals surface area (Å²) in [7, 11) is 0. The van der Waals surface area contributed by atoms with E-state index in [9.17, 15) is 0 Å². The molecule has 0 atom stereocenters. The zero-order chi connectivity index (χ0) is 30.7. The molecule has 0 fully saturated rings. The minimum absolute atomic E-state index is 0.0401. The van der Waals surface area contributed by atoms with Crippen LogP contribution in [0.25, 0.3) is 11.2 Å². The van der Waals surface area contributed by atoms with Crippen molar-refractivity contribution in [3.05, 3.63) is 31.3 Å². The number of hydrogen-bond donors (Lipinski definition) is 0. The van der Waals surface area contributed by atoms with Gasteiger partial charge in [-0.2, -0.15) is 0 Å². The van der Waals surface area contributed by atoms with E-state index in [1.54, 1.807) is 0 Å². The van der Waals surface area contributed by atoms with Crippen LogP contribution in [0.1, 0.15) is 83.1 Å². The molecule has 0 unspecified atom stereocenters. The molecule has 7 nitrogen and oxygen atoms in total. The number of aromatic nitrogens is 4. The molecule has 0 aliphatic heterocycles. The van der Waals surface area contributed by atoms with Crippen LogP contribution in [0.15, 0.2) is 14.4 Å². The Labute approximate surface area is 254 Å². The summed E-state index contributed by atoms with van der Waals surface area (Å²) in [5.74, 6) is 0. The molecule has 0 amide bonds. The molecule has 40 heavy (non-hydrogen) atoms. The van der Waals surface area contributed by atoms with E-state index in [0.29, 0.717) is 5.52 Å². The molecule has 0 saturated carbocycles. The Hall–Kier alpha value is 0.121. The van der Waals surface area contributed by atoms with Gasteiger partial charge in [-0.1, -0.05) is 0 Å². The fourth-order valence-corrected chi connectivity index (χ4v) is 39.3. The maximum absolute atomic E-state index is 15.1. The Balaban J connectivity index is 3.71. The van der Waals surface area contributed by atoms with Crippen molar-refractivity contribution >= 4 is 65.1 Å². The number of hydrogen-bond acceptors (Lipinski definition) is 3. The first-order valence-electron chi connectivity index (χ1n) is 16.5. The third kappa shape index (κ3) is 5.24. The van der Waals surface area contributed by atoms with E-state index in [1.807, 2.05) is 3.52 Å². The van der Waals surface area contributed by atoms with E-state index in [0.717, 1.165) is 68.7 Å². The van der Waals surface area contributed by atoms with E-state index >= 15 is 14.4 Å². The van der Waals surface area contributed by atoms with Gasteiger partial charge in [0.15, 0.2) is 0 Å². The van der Waals surface area contributed by atoms with Crippen LogP contribution in [0, 0.1) is 0 Å². The topological polar surface area (TPSA) is 70.9 Å². The summed E-state index contributed by atoms with van der Waals surface area (Å²) >= 11 is -12.1. The van der Waals surface area contributed by atoms with Crippen molar-refractivity contribution in [3.63, 3.8) is 0 Å². The molecule has 11 heteroatoms. The normalized spacial score (nSPS) is 13.5. The summed E-state index contributed by atoms with van der Waals surface area (Å²) in [6.07, 6.45) is 0. The second-order valence-corrected chi connectivity index (χ2v) is 54.1. The monoisotopic (exact) mass is 808 g/mol. The molecule has 230 valence electrons.